The number of rotatable bonds is 10. The van der Waals surface area contributed by atoms with Gasteiger partial charge in [0.05, 0.1) is 18.9 Å². The summed E-state index contributed by atoms with van der Waals surface area (Å²) in [6.45, 7) is 2.47. The van der Waals surface area contributed by atoms with Gasteiger partial charge in [-0.3, -0.25) is 14.5 Å². The van der Waals surface area contributed by atoms with E-state index in [1.54, 1.807) is 30.5 Å². The van der Waals surface area contributed by atoms with Crippen LogP contribution in [0, 0.1) is 0 Å². The highest BCUT2D eigenvalue weighted by Crippen LogP contribution is 2.17. The molecule has 26 heavy (non-hydrogen) atoms. The largest absolute Gasteiger partial charge is 0.494 e. The molecule has 0 saturated heterocycles. The molecule has 2 aromatic rings. The Morgan fingerprint density at radius 2 is 1.92 bits per heavy atom. The number of nitrogens with zero attached hydrogens (tertiary/aromatic N) is 1. The fourth-order valence-electron chi connectivity index (χ4n) is 2.53. The molecule has 0 fully saturated rings. The molecule has 2 rings (SSSR count). The van der Waals surface area contributed by atoms with Gasteiger partial charge in [0.1, 0.15) is 11.5 Å². The molecule has 0 aliphatic rings. The Balaban J connectivity index is 1.67. The van der Waals surface area contributed by atoms with Crippen molar-refractivity contribution in [3.63, 3.8) is 0 Å². The number of furan rings is 1. The van der Waals surface area contributed by atoms with Crippen LogP contribution in [0.3, 0.4) is 0 Å². The Morgan fingerprint density at radius 3 is 2.50 bits per heavy atom. The van der Waals surface area contributed by atoms with Crippen LogP contribution in [0.2, 0.25) is 0 Å². The minimum atomic E-state index is -0.0149. The lowest BCUT2D eigenvalue weighted by atomic mass is 10.1. The van der Waals surface area contributed by atoms with Gasteiger partial charge in [-0.1, -0.05) is 0 Å². The summed E-state index contributed by atoms with van der Waals surface area (Å²) >= 11 is 0. The highest BCUT2D eigenvalue weighted by atomic mass is 16.5. The fourth-order valence-corrected chi connectivity index (χ4v) is 2.53. The number of ketones is 1. The van der Waals surface area contributed by atoms with E-state index >= 15 is 0 Å². The number of hydrogen-bond donors (Lipinski definition) is 1. The Kier molecular flexibility index (Phi) is 7.41. The Bertz CT molecular complexity index is 693. The molecule has 0 unspecified atom stereocenters. The first-order valence-corrected chi connectivity index (χ1v) is 8.67. The summed E-state index contributed by atoms with van der Waals surface area (Å²) in [5, 5.41) is 2.94. The molecule has 0 spiro atoms. The Hall–Kier alpha value is -2.60. The maximum Gasteiger partial charge on any atom is 0.220 e. The van der Waals surface area contributed by atoms with Crippen LogP contribution >= 0.6 is 0 Å². The first-order chi connectivity index (χ1) is 12.5. The van der Waals surface area contributed by atoms with Crippen molar-refractivity contribution in [1.82, 2.24) is 10.2 Å². The second-order valence-electron chi connectivity index (χ2n) is 6.33. The van der Waals surface area contributed by atoms with Gasteiger partial charge in [-0.25, -0.2) is 0 Å². The third-order valence-electron chi connectivity index (χ3n) is 4.07. The van der Waals surface area contributed by atoms with E-state index in [1.807, 2.05) is 31.1 Å². The van der Waals surface area contributed by atoms with E-state index in [0.717, 1.165) is 5.76 Å². The quantitative estimate of drug-likeness (QED) is 0.522. The van der Waals surface area contributed by atoms with Gasteiger partial charge < -0.3 is 14.5 Å². The standard InChI is InChI=1S/C20H26N2O4/c1-15(23)16-8-10-17(11-9-16)25-12-5-7-20(24)21-14-18(22(2)3)19-6-4-13-26-19/h4,6,8-11,13,18H,5,7,12,14H2,1-3H3,(H,21,24)/t18-/m1/s1. The molecule has 0 aliphatic carbocycles. The van der Waals surface area contributed by atoms with E-state index < -0.39 is 0 Å². The minimum absolute atomic E-state index is 0.00462. The number of benzene rings is 1. The van der Waals surface area contributed by atoms with E-state index in [9.17, 15) is 9.59 Å². The van der Waals surface area contributed by atoms with Crippen molar-refractivity contribution in [3.8, 4) is 5.75 Å². The van der Waals surface area contributed by atoms with Crippen molar-refractivity contribution in [3.05, 3.63) is 54.0 Å². The number of likely N-dealkylation sites (N-methyl/N-ethyl adjacent to an activating group) is 1. The maximum absolute atomic E-state index is 12.0. The van der Waals surface area contributed by atoms with Crippen molar-refractivity contribution in [1.29, 1.82) is 0 Å². The van der Waals surface area contributed by atoms with Gasteiger partial charge in [-0.15, -0.1) is 0 Å². The van der Waals surface area contributed by atoms with Crippen LogP contribution in [-0.2, 0) is 4.79 Å². The third kappa shape index (κ3) is 6.04. The van der Waals surface area contributed by atoms with Crippen LogP contribution in [0.1, 0.15) is 41.9 Å². The molecule has 6 heteroatoms. The molecule has 0 aliphatic heterocycles. The molecular formula is C20H26N2O4. The first-order valence-electron chi connectivity index (χ1n) is 8.67. The lowest BCUT2D eigenvalue weighted by molar-refractivity contribution is -0.121. The number of Topliss-reactive ketones (excluding diaryl/α,β-unsaturated/α-hetero) is 1. The van der Waals surface area contributed by atoms with Crippen molar-refractivity contribution in [2.45, 2.75) is 25.8 Å². The predicted molar refractivity (Wildman–Crippen MR) is 99.3 cm³/mol. The fraction of sp³-hybridized carbons (Fsp3) is 0.400. The van der Waals surface area contributed by atoms with E-state index in [2.05, 4.69) is 5.32 Å². The molecule has 1 heterocycles. The molecule has 1 aromatic heterocycles. The number of carbonyl (C=O) groups excluding carboxylic acids is 2. The summed E-state index contributed by atoms with van der Waals surface area (Å²) in [5.74, 6) is 1.53. The van der Waals surface area contributed by atoms with Gasteiger partial charge in [0.25, 0.3) is 0 Å². The van der Waals surface area contributed by atoms with Crippen LogP contribution in [0.25, 0.3) is 0 Å². The van der Waals surface area contributed by atoms with Gasteiger partial charge in [0, 0.05) is 18.5 Å². The van der Waals surface area contributed by atoms with Gasteiger partial charge in [-0.2, -0.15) is 0 Å². The maximum atomic E-state index is 12.0. The summed E-state index contributed by atoms with van der Waals surface area (Å²) in [6, 6.07) is 10.8. The Labute approximate surface area is 154 Å². The molecular weight excluding hydrogens is 332 g/mol. The zero-order valence-electron chi connectivity index (χ0n) is 15.5. The molecule has 1 amide bonds. The van der Waals surface area contributed by atoms with Crippen LogP contribution < -0.4 is 10.1 Å². The van der Waals surface area contributed by atoms with E-state index in [4.69, 9.17) is 9.15 Å². The van der Waals surface area contributed by atoms with Gasteiger partial charge in [0.15, 0.2) is 5.78 Å². The van der Waals surface area contributed by atoms with Crippen LogP contribution in [0.5, 0.6) is 5.75 Å². The summed E-state index contributed by atoms with van der Waals surface area (Å²) in [6.07, 6.45) is 2.64. The van der Waals surface area contributed by atoms with Crippen molar-refractivity contribution >= 4 is 11.7 Å². The molecule has 0 bridgehead atoms. The van der Waals surface area contributed by atoms with Crippen molar-refractivity contribution < 1.29 is 18.7 Å². The zero-order chi connectivity index (χ0) is 18.9. The van der Waals surface area contributed by atoms with Gasteiger partial charge in [-0.05, 0) is 63.8 Å². The first kappa shape index (κ1) is 19.7. The van der Waals surface area contributed by atoms with Gasteiger partial charge in [0.2, 0.25) is 5.91 Å². The van der Waals surface area contributed by atoms with Crippen LogP contribution in [0.4, 0.5) is 0 Å². The van der Waals surface area contributed by atoms with E-state index in [1.165, 1.54) is 6.92 Å². The summed E-state index contributed by atoms with van der Waals surface area (Å²) in [4.78, 5) is 25.2. The predicted octanol–water partition coefficient (Wildman–Crippen LogP) is 3.06. The third-order valence-corrected chi connectivity index (χ3v) is 4.07. The van der Waals surface area contributed by atoms with Crippen molar-refractivity contribution in [2.75, 3.05) is 27.2 Å². The summed E-state index contributed by atoms with van der Waals surface area (Å²) in [5.41, 5.74) is 0.656. The minimum Gasteiger partial charge on any atom is -0.494 e. The lowest BCUT2D eigenvalue weighted by Gasteiger charge is -2.22. The molecule has 140 valence electrons. The summed E-state index contributed by atoms with van der Waals surface area (Å²) in [7, 11) is 3.90. The monoisotopic (exact) mass is 358 g/mol. The van der Waals surface area contributed by atoms with Gasteiger partial charge >= 0.3 is 0 Å². The number of carbonyl (C=O) groups is 2. The SMILES string of the molecule is CC(=O)c1ccc(OCCCC(=O)NC[C@H](c2ccco2)N(C)C)cc1. The summed E-state index contributed by atoms with van der Waals surface area (Å²) < 4.78 is 11.0. The van der Waals surface area contributed by atoms with Crippen molar-refractivity contribution in [2.24, 2.45) is 0 Å². The topological polar surface area (TPSA) is 71.8 Å². The normalized spacial score (nSPS) is 12.0. The highest BCUT2D eigenvalue weighted by Gasteiger charge is 2.17. The van der Waals surface area contributed by atoms with Crippen LogP contribution in [0.15, 0.2) is 47.1 Å². The smallest absolute Gasteiger partial charge is 0.220 e. The molecule has 0 saturated carbocycles. The van der Waals surface area contributed by atoms with E-state index in [0.29, 0.717) is 37.3 Å². The average Bonchev–Trinajstić information content (AvgIpc) is 3.13. The molecule has 1 N–H and O–H groups in total. The second kappa shape index (κ2) is 9.77. The zero-order valence-corrected chi connectivity index (χ0v) is 15.5. The molecule has 0 radical (unpaired) electrons. The molecule has 1 aromatic carbocycles. The molecule has 1 atom stereocenters. The van der Waals surface area contributed by atoms with E-state index in [-0.39, 0.29) is 17.7 Å². The van der Waals surface area contributed by atoms with Crippen LogP contribution in [-0.4, -0.2) is 43.8 Å². The second-order valence-corrected chi connectivity index (χ2v) is 6.33. The highest BCUT2D eigenvalue weighted by molar-refractivity contribution is 5.94. The molecule has 6 nitrogen and oxygen atoms in total. The lowest BCUT2D eigenvalue weighted by Crippen LogP contribution is -2.34. The number of nitrogens with one attached hydrogen (secondary N) is 1. The average molecular weight is 358 g/mol. The number of hydrogen-bond acceptors (Lipinski definition) is 5. The number of amides is 1. The Morgan fingerprint density at radius 1 is 1.19 bits per heavy atom. The number of ether oxygens (including phenoxy) is 1.